The van der Waals surface area contributed by atoms with Crippen LogP contribution in [0.25, 0.3) is 0 Å². The number of rotatable bonds is 2. The van der Waals surface area contributed by atoms with Crippen LogP contribution in [-0.2, 0) is 6.42 Å². The lowest BCUT2D eigenvalue weighted by molar-refractivity contribution is 0.0907. The Bertz CT molecular complexity index is 465. The first-order valence-electron chi connectivity index (χ1n) is 7.04. The zero-order valence-electron chi connectivity index (χ0n) is 11.5. The van der Waals surface area contributed by atoms with E-state index in [1.807, 2.05) is 0 Å². The summed E-state index contributed by atoms with van der Waals surface area (Å²) in [5.41, 5.74) is 1.33. The van der Waals surface area contributed by atoms with Crippen LogP contribution in [0.2, 0.25) is 0 Å². The van der Waals surface area contributed by atoms with E-state index in [-0.39, 0.29) is 0 Å². The number of hydrogen-bond donors (Lipinski definition) is 1. The normalized spacial score (nSPS) is 31.0. The Balaban J connectivity index is 1.63. The van der Waals surface area contributed by atoms with Crippen LogP contribution in [0.1, 0.15) is 19.4 Å². The zero-order chi connectivity index (χ0) is 13.4. The fourth-order valence-corrected chi connectivity index (χ4v) is 3.41. The smallest absolute Gasteiger partial charge is 0.123 e. The second-order valence-corrected chi connectivity index (χ2v) is 6.72. The number of ether oxygens (including phenoxy) is 1. The first-order chi connectivity index (χ1) is 9.11. The molecular formula is C15H21BrN2O. The Kier molecular flexibility index (Phi) is 3.83. The van der Waals surface area contributed by atoms with Gasteiger partial charge in [0.15, 0.2) is 0 Å². The van der Waals surface area contributed by atoms with Crippen molar-refractivity contribution in [1.29, 1.82) is 0 Å². The molecule has 0 amide bonds. The minimum atomic E-state index is 0.303. The molecule has 2 aliphatic rings. The number of fused-ring (bicyclic) bond motifs is 1. The molecule has 0 spiro atoms. The van der Waals surface area contributed by atoms with E-state index in [9.17, 15) is 0 Å². The van der Waals surface area contributed by atoms with E-state index >= 15 is 0 Å². The maximum Gasteiger partial charge on any atom is 0.123 e. The van der Waals surface area contributed by atoms with Gasteiger partial charge in [-0.05, 0) is 37.6 Å². The standard InChI is InChI=1S/C15H21BrN2O/c1-10-8-18(11(2)7-17-10)9-14-6-12-5-13(16)3-4-15(12)19-14/h3-5,10-11,14,17H,6-9H2,1-2H3. The fraction of sp³-hybridized carbons (Fsp3) is 0.600. The lowest BCUT2D eigenvalue weighted by Crippen LogP contribution is -2.56. The van der Waals surface area contributed by atoms with Crippen LogP contribution in [-0.4, -0.2) is 42.7 Å². The maximum atomic E-state index is 6.07. The van der Waals surface area contributed by atoms with Gasteiger partial charge in [0.2, 0.25) is 0 Å². The van der Waals surface area contributed by atoms with E-state index in [2.05, 4.69) is 58.2 Å². The van der Waals surface area contributed by atoms with Gasteiger partial charge in [-0.15, -0.1) is 0 Å². The van der Waals surface area contributed by atoms with E-state index in [1.54, 1.807) is 0 Å². The second-order valence-electron chi connectivity index (χ2n) is 5.81. The third-order valence-corrected chi connectivity index (χ3v) is 4.59. The molecule has 0 bridgehead atoms. The monoisotopic (exact) mass is 324 g/mol. The molecule has 4 heteroatoms. The Morgan fingerprint density at radius 3 is 3.11 bits per heavy atom. The summed E-state index contributed by atoms with van der Waals surface area (Å²) in [6.07, 6.45) is 1.33. The number of piperazine rings is 1. The third kappa shape index (κ3) is 2.96. The topological polar surface area (TPSA) is 24.5 Å². The molecule has 1 saturated heterocycles. The Morgan fingerprint density at radius 2 is 2.26 bits per heavy atom. The summed E-state index contributed by atoms with van der Waals surface area (Å²) in [7, 11) is 0. The highest BCUT2D eigenvalue weighted by Crippen LogP contribution is 2.31. The van der Waals surface area contributed by atoms with Crippen molar-refractivity contribution in [3.8, 4) is 5.75 Å². The predicted octanol–water partition coefficient (Wildman–Crippen LogP) is 2.43. The molecule has 0 aromatic heterocycles. The van der Waals surface area contributed by atoms with Gasteiger partial charge in [-0.3, -0.25) is 4.90 Å². The van der Waals surface area contributed by atoms with Crippen LogP contribution >= 0.6 is 15.9 Å². The van der Waals surface area contributed by atoms with Crippen molar-refractivity contribution in [3.63, 3.8) is 0 Å². The molecule has 3 atom stereocenters. The lowest BCUT2D eigenvalue weighted by Gasteiger charge is -2.38. The van der Waals surface area contributed by atoms with E-state index in [4.69, 9.17) is 4.74 Å². The summed E-state index contributed by atoms with van der Waals surface area (Å²) in [5.74, 6) is 1.06. The van der Waals surface area contributed by atoms with Crippen LogP contribution in [0, 0.1) is 0 Å². The van der Waals surface area contributed by atoms with Gasteiger partial charge >= 0.3 is 0 Å². The molecule has 3 rings (SSSR count). The largest absolute Gasteiger partial charge is 0.488 e. The molecule has 1 aromatic carbocycles. The summed E-state index contributed by atoms with van der Waals surface area (Å²) in [5, 5.41) is 3.52. The van der Waals surface area contributed by atoms with Gasteiger partial charge in [0.05, 0.1) is 0 Å². The number of nitrogens with zero attached hydrogens (tertiary/aromatic N) is 1. The molecule has 1 aromatic rings. The molecule has 0 saturated carbocycles. The van der Waals surface area contributed by atoms with Gasteiger partial charge in [0, 0.05) is 42.6 Å². The SMILES string of the molecule is CC1CN(CC2Cc3cc(Br)ccc3O2)C(C)CN1. The molecule has 1 fully saturated rings. The molecule has 2 aliphatic heterocycles. The van der Waals surface area contributed by atoms with E-state index in [0.717, 1.165) is 36.3 Å². The molecule has 0 radical (unpaired) electrons. The first kappa shape index (κ1) is 13.4. The van der Waals surface area contributed by atoms with Gasteiger partial charge in [-0.2, -0.15) is 0 Å². The Labute approximate surface area is 123 Å². The Morgan fingerprint density at radius 1 is 1.42 bits per heavy atom. The Hall–Kier alpha value is -0.580. The highest BCUT2D eigenvalue weighted by molar-refractivity contribution is 9.10. The minimum Gasteiger partial charge on any atom is -0.488 e. The van der Waals surface area contributed by atoms with Gasteiger partial charge in [0.25, 0.3) is 0 Å². The quantitative estimate of drug-likeness (QED) is 0.904. The van der Waals surface area contributed by atoms with Gasteiger partial charge in [-0.25, -0.2) is 0 Å². The maximum absolute atomic E-state index is 6.07. The number of benzene rings is 1. The molecule has 1 N–H and O–H groups in total. The lowest BCUT2D eigenvalue weighted by atomic mass is 10.1. The first-order valence-corrected chi connectivity index (χ1v) is 7.83. The molecule has 0 aliphatic carbocycles. The van der Waals surface area contributed by atoms with Crippen LogP contribution in [0.4, 0.5) is 0 Å². The molecular weight excluding hydrogens is 304 g/mol. The third-order valence-electron chi connectivity index (χ3n) is 4.10. The molecule has 104 valence electrons. The van der Waals surface area contributed by atoms with Crippen molar-refractivity contribution in [2.24, 2.45) is 0 Å². The summed E-state index contributed by atoms with van der Waals surface area (Å²) in [4.78, 5) is 2.55. The summed E-state index contributed by atoms with van der Waals surface area (Å²) in [6, 6.07) is 7.48. The highest BCUT2D eigenvalue weighted by atomic mass is 79.9. The fourth-order valence-electron chi connectivity index (χ4n) is 3.00. The summed E-state index contributed by atoms with van der Waals surface area (Å²) >= 11 is 3.53. The van der Waals surface area contributed by atoms with Crippen LogP contribution in [0.3, 0.4) is 0 Å². The van der Waals surface area contributed by atoms with E-state index in [0.29, 0.717) is 18.2 Å². The van der Waals surface area contributed by atoms with Crippen molar-refractivity contribution in [2.45, 2.75) is 38.5 Å². The number of nitrogens with one attached hydrogen (secondary N) is 1. The van der Waals surface area contributed by atoms with Crippen molar-refractivity contribution in [1.82, 2.24) is 10.2 Å². The van der Waals surface area contributed by atoms with Crippen LogP contribution in [0.15, 0.2) is 22.7 Å². The average Bonchev–Trinajstić information content (AvgIpc) is 2.75. The van der Waals surface area contributed by atoms with E-state index in [1.165, 1.54) is 5.56 Å². The molecule has 19 heavy (non-hydrogen) atoms. The van der Waals surface area contributed by atoms with Crippen molar-refractivity contribution < 1.29 is 4.74 Å². The van der Waals surface area contributed by atoms with Crippen LogP contribution < -0.4 is 10.1 Å². The highest BCUT2D eigenvalue weighted by Gasteiger charge is 2.29. The summed E-state index contributed by atoms with van der Waals surface area (Å²) in [6.45, 7) is 7.75. The van der Waals surface area contributed by atoms with Crippen molar-refractivity contribution in [2.75, 3.05) is 19.6 Å². The molecule has 3 nitrogen and oxygen atoms in total. The van der Waals surface area contributed by atoms with Crippen molar-refractivity contribution in [3.05, 3.63) is 28.2 Å². The zero-order valence-corrected chi connectivity index (χ0v) is 13.1. The predicted molar refractivity (Wildman–Crippen MR) is 80.8 cm³/mol. The second kappa shape index (κ2) is 5.43. The number of hydrogen-bond acceptors (Lipinski definition) is 3. The molecule has 3 unspecified atom stereocenters. The molecule has 2 heterocycles. The van der Waals surface area contributed by atoms with Gasteiger partial charge in [0.1, 0.15) is 11.9 Å². The van der Waals surface area contributed by atoms with Gasteiger partial charge in [-0.1, -0.05) is 15.9 Å². The van der Waals surface area contributed by atoms with Crippen LogP contribution in [0.5, 0.6) is 5.75 Å². The summed E-state index contributed by atoms with van der Waals surface area (Å²) < 4.78 is 7.20. The van der Waals surface area contributed by atoms with Gasteiger partial charge < -0.3 is 10.1 Å². The average molecular weight is 325 g/mol. The number of halogens is 1. The van der Waals surface area contributed by atoms with Crippen molar-refractivity contribution >= 4 is 15.9 Å². The van der Waals surface area contributed by atoms with E-state index < -0.39 is 0 Å². The minimum absolute atomic E-state index is 0.303.